The molecule has 8 nitrogen and oxygen atoms in total. The summed E-state index contributed by atoms with van der Waals surface area (Å²) in [6.45, 7) is 6.78. The highest BCUT2D eigenvalue weighted by Gasteiger charge is 2.15. The molecular formula is C18H29IN4O4. The molecule has 0 bridgehead atoms. The zero-order chi connectivity index (χ0) is 18.6. The molecule has 2 rings (SSSR count). The number of guanidine groups is 1. The van der Waals surface area contributed by atoms with Gasteiger partial charge in [-0.05, 0) is 19.8 Å². The van der Waals surface area contributed by atoms with Crippen molar-refractivity contribution >= 4 is 35.6 Å². The summed E-state index contributed by atoms with van der Waals surface area (Å²) < 4.78 is 11.0. The summed E-state index contributed by atoms with van der Waals surface area (Å²) in [6, 6.07) is 6.67. The maximum absolute atomic E-state index is 11.1. The molecule has 0 aliphatic carbocycles. The molecule has 1 aliphatic rings. The lowest BCUT2D eigenvalue weighted by Gasteiger charge is -2.12. The summed E-state index contributed by atoms with van der Waals surface area (Å²) in [5.74, 6) is 1.18. The Kier molecular flexibility index (Phi) is 11.9. The summed E-state index contributed by atoms with van der Waals surface area (Å²) in [7, 11) is 0. The van der Waals surface area contributed by atoms with Crippen molar-refractivity contribution in [3.05, 3.63) is 39.9 Å². The number of benzene rings is 1. The summed E-state index contributed by atoms with van der Waals surface area (Å²) in [5.41, 5.74) is 0.688. The van der Waals surface area contributed by atoms with Gasteiger partial charge in [0.2, 0.25) is 0 Å². The van der Waals surface area contributed by atoms with E-state index < -0.39 is 0 Å². The van der Waals surface area contributed by atoms with Crippen LogP contribution in [0.1, 0.15) is 25.3 Å². The minimum absolute atomic E-state index is 0. The number of rotatable bonds is 10. The predicted octanol–water partition coefficient (Wildman–Crippen LogP) is 2.71. The summed E-state index contributed by atoms with van der Waals surface area (Å²) in [4.78, 5) is 15.1. The molecule has 0 aromatic heterocycles. The average Bonchev–Trinajstić information content (AvgIpc) is 3.16. The van der Waals surface area contributed by atoms with Crippen LogP contribution in [-0.2, 0) is 16.0 Å². The molecule has 1 aromatic rings. The van der Waals surface area contributed by atoms with Crippen LogP contribution in [0.2, 0.25) is 0 Å². The van der Waals surface area contributed by atoms with Crippen molar-refractivity contribution in [3.8, 4) is 0 Å². The first-order chi connectivity index (χ1) is 12.7. The first-order valence-corrected chi connectivity index (χ1v) is 9.10. The predicted molar refractivity (Wildman–Crippen MR) is 116 cm³/mol. The Morgan fingerprint density at radius 1 is 1.41 bits per heavy atom. The van der Waals surface area contributed by atoms with Gasteiger partial charge in [0.15, 0.2) is 5.96 Å². The van der Waals surface area contributed by atoms with Crippen LogP contribution in [0.5, 0.6) is 0 Å². The zero-order valence-corrected chi connectivity index (χ0v) is 18.0. The van der Waals surface area contributed by atoms with Crippen molar-refractivity contribution in [2.45, 2.75) is 26.3 Å². The van der Waals surface area contributed by atoms with Crippen molar-refractivity contribution in [2.75, 3.05) is 39.5 Å². The first kappa shape index (κ1) is 23.6. The van der Waals surface area contributed by atoms with Gasteiger partial charge < -0.3 is 20.1 Å². The molecule has 27 heavy (non-hydrogen) atoms. The van der Waals surface area contributed by atoms with Crippen LogP contribution < -0.4 is 10.6 Å². The molecule has 0 saturated carbocycles. The Labute approximate surface area is 177 Å². The summed E-state index contributed by atoms with van der Waals surface area (Å²) >= 11 is 0. The van der Waals surface area contributed by atoms with Crippen LogP contribution in [0.15, 0.2) is 29.3 Å². The van der Waals surface area contributed by atoms with Crippen LogP contribution >= 0.6 is 24.0 Å². The molecule has 152 valence electrons. The van der Waals surface area contributed by atoms with Crippen molar-refractivity contribution in [1.82, 2.24) is 10.6 Å². The third-order valence-corrected chi connectivity index (χ3v) is 4.08. The van der Waals surface area contributed by atoms with Crippen LogP contribution in [0.25, 0.3) is 0 Å². The van der Waals surface area contributed by atoms with Gasteiger partial charge in [0, 0.05) is 38.3 Å². The van der Waals surface area contributed by atoms with Gasteiger partial charge in [-0.15, -0.1) is 24.0 Å². The molecule has 0 spiro atoms. The highest BCUT2D eigenvalue weighted by atomic mass is 127. The van der Waals surface area contributed by atoms with E-state index in [4.69, 9.17) is 9.47 Å². The maximum atomic E-state index is 11.1. The Bertz CT molecular complexity index is 594. The molecule has 2 N–H and O–H groups in total. The first-order valence-electron chi connectivity index (χ1n) is 9.10. The highest BCUT2D eigenvalue weighted by molar-refractivity contribution is 14.0. The lowest BCUT2D eigenvalue weighted by atomic mass is 10.1. The standard InChI is InChI=1S/C18H28N4O4.HI/c1-2-19-18(20-9-5-10-25-13-15-8-11-26-14-15)21-12-16-6-3-4-7-17(16)22(23)24;/h3-4,6-7,15H,2,5,8-14H2,1H3,(H2,19,20,21);1H. The fraction of sp³-hybridized carbons (Fsp3) is 0.611. The quantitative estimate of drug-likeness (QED) is 0.130. The molecule has 1 fully saturated rings. The molecule has 9 heteroatoms. The van der Waals surface area contributed by atoms with Crippen molar-refractivity contribution < 1.29 is 14.4 Å². The smallest absolute Gasteiger partial charge is 0.274 e. The lowest BCUT2D eigenvalue weighted by molar-refractivity contribution is -0.385. The van der Waals surface area contributed by atoms with Gasteiger partial charge in [-0.25, -0.2) is 4.99 Å². The number of nitro groups is 1. The van der Waals surface area contributed by atoms with E-state index in [1.54, 1.807) is 18.2 Å². The second kappa shape index (κ2) is 13.7. The minimum atomic E-state index is -0.377. The Morgan fingerprint density at radius 3 is 2.93 bits per heavy atom. The topological polar surface area (TPSA) is 98.0 Å². The van der Waals surface area contributed by atoms with E-state index in [9.17, 15) is 10.1 Å². The van der Waals surface area contributed by atoms with E-state index in [0.717, 1.165) is 45.8 Å². The fourth-order valence-electron chi connectivity index (χ4n) is 2.67. The Hall–Kier alpha value is -1.46. The van der Waals surface area contributed by atoms with E-state index in [2.05, 4.69) is 15.6 Å². The minimum Gasteiger partial charge on any atom is -0.381 e. The van der Waals surface area contributed by atoms with Gasteiger partial charge in [0.1, 0.15) is 0 Å². The third-order valence-electron chi connectivity index (χ3n) is 4.08. The van der Waals surface area contributed by atoms with Gasteiger partial charge in [-0.1, -0.05) is 18.2 Å². The fourth-order valence-corrected chi connectivity index (χ4v) is 2.67. The number of nitrogens with zero attached hydrogens (tertiary/aromatic N) is 2. The highest BCUT2D eigenvalue weighted by Crippen LogP contribution is 2.18. The number of para-hydroxylation sites is 1. The Morgan fingerprint density at radius 2 is 2.22 bits per heavy atom. The number of halogens is 1. The summed E-state index contributed by atoms with van der Waals surface area (Å²) in [5, 5.41) is 17.4. The van der Waals surface area contributed by atoms with Crippen LogP contribution in [-0.4, -0.2) is 50.4 Å². The molecule has 1 saturated heterocycles. The van der Waals surface area contributed by atoms with Crippen molar-refractivity contribution in [2.24, 2.45) is 10.9 Å². The normalized spacial score (nSPS) is 16.6. The van der Waals surface area contributed by atoms with Gasteiger partial charge in [0.05, 0.1) is 30.2 Å². The number of hydrogen-bond acceptors (Lipinski definition) is 5. The zero-order valence-electron chi connectivity index (χ0n) is 15.7. The molecule has 0 radical (unpaired) electrons. The molecule has 1 heterocycles. The van der Waals surface area contributed by atoms with E-state index in [1.807, 2.05) is 6.92 Å². The van der Waals surface area contributed by atoms with Gasteiger partial charge >= 0.3 is 0 Å². The van der Waals surface area contributed by atoms with Crippen molar-refractivity contribution in [3.63, 3.8) is 0 Å². The monoisotopic (exact) mass is 492 g/mol. The van der Waals surface area contributed by atoms with E-state index >= 15 is 0 Å². The molecule has 0 amide bonds. The van der Waals surface area contributed by atoms with E-state index in [-0.39, 0.29) is 41.1 Å². The summed E-state index contributed by atoms with van der Waals surface area (Å²) in [6.07, 6.45) is 1.95. The van der Waals surface area contributed by atoms with Crippen LogP contribution in [0.3, 0.4) is 0 Å². The number of hydrogen-bond donors (Lipinski definition) is 2. The number of nitro benzene ring substituents is 1. The molecule has 1 unspecified atom stereocenters. The molecule has 1 aromatic carbocycles. The van der Waals surface area contributed by atoms with Crippen molar-refractivity contribution in [1.29, 1.82) is 0 Å². The van der Waals surface area contributed by atoms with Crippen LogP contribution in [0.4, 0.5) is 5.69 Å². The maximum Gasteiger partial charge on any atom is 0.274 e. The average molecular weight is 492 g/mol. The second-order valence-electron chi connectivity index (χ2n) is 6.17. The third kappa shape index (κ3) is 8.85. The van der Waals surface area contributed by atoms with Crippen LogP contribution in [0, 0.1) is 16.0 Å². The number of ether oxygens (including phenoxy) is 2. The number of aliphatic imine (C=N–C) groups is 1. The van der Waals surface area contributed by atoms with Gasteiger partial charge in [0.25, 0.3) is 5.69 Å². The lowest BCUT2D eigenvalue weighted by Crippen LogP contribution is -2.38. The van der Waals surface area contributed by atoms with E-state index in [0.29, 0.717) is 24.0 Å². The van der Waals surface area contributed by atoms with Gasteiger partial charge in [-0.2, -0.15) is 0 Å². The molecular weight excluding hydrogens is 463 g/mol. The molecule has 1 atom stereocenters. The second-order valence-corrected chi connectivity index (χ2v) is 6.17. The Balaban J connectivity index is 0.00000364. The SMILES string of the molecule is CCNC(=NCc1ccccc1[N+](=O)[O-])NCCCOCC1CCOC1.I. The van der Waals surface area contributed by atoms with E-state index in [1.165, 1.54) is 6.07 Å². The number of nitrogens with one attached hydrogen (secondary N) is 2. The van der Waals surface area contributed by atoms with Gasteiger partial charge in [-0.3, -0.25) is 10.1 Å². The largest absolute Gasteiger partial charge is 0.381 e. The molecule has 1 aliphatic heterocycles.